The summed E-state index contributed by atoms with van der Waals surface area (Å²) in [6.45, 7) is 3.79. The molecule has 0 spiro atoms. The third-order valence-corrected chi connectivity index (χ3v) is 5.50. The van der Waals surface area contributed by atoms with E-state index in [0.29, 0.717) is 17.0 Å². The van der Waals surface area contributed by atoms with Crippen LogP contribution in [0.3, 0.4) is 0 Å². The smallest absolute Gasteiger partial charge is 0.154 e. The fourth-order valence-electron chi connectivity index (χ4n) is 3.76. The number of halogens is 1. The zero-order valence-corrected chi connectivity index (χ0v) is 15.7. The minimum Gasteiger partial charge on any atom is -0.390 e. The molecule has 2 unspecified atom stereocenters. The van der Waals surface area contributed by atoms with Crippen molar-refractivity contribution >= 4 is 23.1 Å². The van der Waals surface area contributed by atoms with Crippen molar-refractivity contribution in [3.8, 4) is 11.3 Å². The van der Waals surface area contributed by atoms with Crippen LogP contribution in [-0.4, -0.2) is 31.3 Å². The average Bonchev–Trinajstić information content (AvgIpc) is 3.21. The summed E-state index contributed by atoms with van der Waals surface area (Å²) in [6, 6.07) is 11.9. The lowest BCUT2D eigenvalue weighted by Gasteiger charge is -2.25. The van der Waals surface area contributed by atoms with Gasteiger partial charge in [0.15, 0.2) is 5.65 Å². The molecule has 136 valence electrons. The Bertz CT molecular complexity index is 931. The van der Waals surface area contributed by atoms with Gasteiger partial charge in [-0.15, -0.1) is 5.10 Å². The minimum absolute atomic E-state index is 0.319. The monoisotopic (exact) mass is 370 g/mol. The van der Waals surface area contributed by atoms with E-state index in [0.717, 1.165) is 42.0 Å². The molecule has 1 aliphatic rings. The molecule has 1 aromatic carbocycles. The Kier molecular flexibility index (Phi) is 4.37. The Balaban J connectivity index is 1.59. The van der Waals surface area contributed by atoms with Crippen molar-refractivity contribution in [2.45, 2.75) is 44.8 Å². The second kappa shape index (κ2) is 6.56. The maximum Gasteiger partial charge on any atom is 0.154 e. The minimum atomic E-state index is -0.627. The molecule has 2 atom stereocenters. The molecule has 4 rings (SSSR count). The van der Waals surface area contributed by atoms with Gasteiger partial charge in [0.2, 0.25) is 0 Å². The van der Waals surface area contributed by atoms with E-state index in [9.17, 15) is 5.11 Å². The molecule has 0 saturated heterocycles. The molecule has 26 heavy (non-hydrogen) atoms. The Morgan fingerprint density at radius 3 is 2.81 bits per heavy atom. The lowest BCUT2D eigenvalue weighted by molar-refractivity contribution is 0.0197. The molecule has 3 aromatic rings. The van der Waals surface area contributed by atoms with Gasteiger partial charge in [0.25, 0.3) is 0 Å². The predicted octanol–water partition coefficient (Wildman–Crippen LogP) is 4.40. The van der Waals surface area contributed by atoms with Gasteiger partial charge in [0.05, 0.1) is 17.5 Å². The largest absolute Gasteiger partial charge is 0.390 e. The highest BCUT2D eigenvalue weighted by Gasteiger charge is 2.34. The number of aromatic nitrogens is 3. The SMILES string of the molecule is CC(C)(O)C1CCC(Nc2ccc3ncc(-c4cccc(Cl)c4)n3n2)C1. The lowest BCUT2D eigenvalue weighted by atomic mass is 9.89. The zero-order valence-electron chi connectivity index (χ0n) is 15.0. The number of rotatable bonds is 4. The third kappa shape index (κ3) is 3.41. The second-order valence-electron chi connectivity index (χ2n) is 7.65. The third-order valence-electron chi connectivity index (χ3n) is 5.27. The van der Waals surface area contributed by atoms with E-state index in [4.69, 9.17) is 16.7 Å². The molecule has 0 radical (unpaired) electrons. The molecule has 1 aliphatic carbocycles. The van der Waals surface area contributed by atoms with Crippen LogP contribution >= 0.6 is 11.6 Å². The summed E-state index contributed by atoms with van der Waals surface area (Å²) < 4.78 is 1.84. The van der Waals surface area contributed by atoms with Crippen LogP contribution in [0.4, 0.5) is 5.82 Å². The van der Waals surface area contributed by atoms with Crippen molar-refractivity contribution in [1.29, 1.82) is 0 Å². The van der Waals surface area contributed by atoms with Gasteiger partial charge in [-0.3, -0.25) is 0 Å². The maximum absolute atomic E-state index is 10.2. The van der Waals surface area contributed by atoms with Gasteiger partial charge < -0.3 is 10.4 Å². The zero-order chi connectivity index (χ0) is 18.3. The maximum atomic E-state index is 10.2. The first-order chi connectivity index (χ1) is 12.4. The van der Waals surface area contributed by atoms with Crippen molar-refractivity contribution in [1.82, 2.24) is 14.6 Å². The summed E-state index contributed by atoms with van der Waals surface area (Å²) in [4.78, 5) is 4.44. The van der Waals surface area contributed by atoms with Crippen LogP contribution in [0.5, 0.6) is 0 Å². The van der Waals surface area contributed by atoms with Crippen LogP contribution in [0, 0.1) is 5.92 Å². The molecule has 0 aliphatic heterocycles. The number of anilines is 1. The van der Waals surface area contributed by atoms with Crippen LogP contribution in [0.25, 0.3) is 16.9 Å². The van der Waals surface area contributed by atoms with Crippen molar-refractivity contribution in [2.75, 3.05) is 5.32 Å². The average molecular weight is 371 g/mol. The van der Waals surface area contributed by atoms with E-state index in [-0.39, 0.29) is 0 Å². The van der Waals surface area contributed by atoms with Crippen LogP contribution < -0.4 is 5.32 Å². The van der Waals surface area contributed by atoms with Gasteiger partial charge in [-0.05, 0) is 63.3 Å². The van der Waals surface area contributed by atoms with Gasteiger partial charge in [0, 0.05) is 16.6 Å². The van der Waals surface area contributed by atoms with Gasteiger partial charge in [0.1, 0.15) is 5.82 Å². The van der Waals surface area contributed by atoms with Gasteiger partial charge in [-0.2, -0.15) is 0 Å². The van der Waals surface area contributed by atoms with E-state index in [1.54, 1.807) is 0 Å². The fraction of sp³-hybridized carbons (Fsp3) is 0.400. The van der Waals surface area contributed by atoms with Crippen LogP contribution in [0.2, 0.25) is 5.02 Å². The highest BCUT2D eigenvalue weighted by Crippen LogP contribution is 2.35. The quantitative estimate of drug-likeness (QED) is 0.714. The molecule has 0 amide bonds. The van der Waals surface area contributed by atoms with E-state index in [1.165, 1.54) is 0 Å². The fourth-order valence-corrected chi connectivity index (χ4v) is 3.95. The van der Waals surface area contributed by atoms with E-state index in [2.05, 4.69) is 10.3 Å². The lowest BCUT2D eigenvalue weighted by Crippen LogP contribution is -2.30. The molecular formula is C20H23ClN4O. The molecule has 0 bridgehead atoms. The molecule has 6 heteroatoms. The van der Waals surface area contributed by atoms with Crippen molar-refractivity contribution in [3.63, 3.8) is 0 Å². The number of hydrogen-bond donors (Lipinski definition) is 2. The number of nitrogens with zero attached hydrogens (tertiary/aromatic N) is 3. The molecular weight excluding hydrogens is 348 g/mol. The topological polar surface area (TPSA) is 62.5 Å². The highest BCUT2D eigenvalue weighted by molar-refractivity contribution is 6.30. The molecule has 1 saturated carbocycles. The molecule has 2 N–H and O–H groups in total. The normalized spacial score (nSPS) is 20.6. The Morgan fingerprint density at radius 2 is 2.08 bits per heavy atom. The van der Waals surface area contributed by atoms with Gasteiger partial charge in [-0.25, -0.2) is 9.50 Å². The van der Waals surface area contributed by atoms with Crippen LogP contribution in [0.15, 0.2) is 42.6 Å². The summed E-state index contributed by atoms with van der Waals surface area (Å²) in [7, 11) is 0. The number of hydrogen-bond acceptors (Lipinski definition) is 4. The molecule has 5 nitrogen and oxygen atoms in total. The number of aliphatic hydroxyl groups is 1. The summed E-state index contributed by atoms with van der Waals surface area (Å²) in [6.07, 6.45) is 4.84. The predicted molar refractivity (Wildman–Crippen MR) is 104 cm³/mol. The number of benzene rings is 1. The van der Waals surface area contributed by atoms with Crippen molar-refractivity contribution < 1.29 is 5.11 Å². The Hall–Kier alpha value is -2.11. The first kappa shape index (κ1) is 17.3. The number of nitrogens with one attached hydrogen (secondary N) is 1. The highest BCUT2D eigenvalue weighted by atomic mass is 35.5. The first-order valence-corrected chi connectivity index (χ1v) is 9.37. The van der Waals surface area contributed by atoms with Crippen LogP contribution in [-0.2, 0) is 0 Å². The second-order valence-corrected chi connectivity index (χ2v) is 8.08. The first-order valence-electron chi connectivity index (χ1n) is 9.00. The summed E-state index contributed by atoms with van der Waals surface area (Å²) in [5.41, 5.74) is 2.06. The molecule has 2 heterocycles. The summed E-state index contributed by atoms with van der Waals surface area (Å²) >= 11 is 6.13. The van der Waals surface area contributed by atoms with E-state index < -0.39 is 5.60 Å². The Labute approximate surface area is 158 Å². The van der Waals surface area contributed by atoms with Gasteiger partial charge in [-0.1, -0.05) is 23.7 Å². The molecule has 1 fully saturated rings. The number of fused-ring (bicyclic) bond motifs is 1. The van der Waals surface area contributed by atoms with E-state index in [1.807, 2.05) is 61.0 Å². The number of imidazole rings is 1. The van der Waals surface area contributed by atoms with E-state index >= 15 is 0 Å². The summed E-state index contributed by atoms with van der Waals surface area (Å²) in [5.74, 6) is 1.14. The summed E-state index contributed by atoms with van der Waals surface area (Å²) in [5, 5.41) is 19.2. The molecule has 2 aromatic heterocycles. The van der Waals surface area contributed by atoms with Crippen molar-refractivity contribution in [3.05, 3.63) is 47.6 Å². The van der Waals surface area contributed by atoms with Gasteiger partial charge >= 0.3 is 0 Å². The van der Waals surface area contributed by atoms with Crippen LogP contribution in [0.1, 0.15) is 33.1 Å². The van der Waals surface area contributed by atoms with Crippen molar-refractivity contribution in [2.24, 2.45) is 5.92 Å². The Morgan fingerprint density at radius 1 is 1.23 bits per heavy atom. The standard InChI is InChI=1S/C20H23ClN4O/c1-20(2,26)14-6-7-16(11-14)23-18-8-9-19-22-12-17(25(19)24-18)13-4-3-5-15(21)10-13/h3-5,8-10,12,14,16,26H,6-7,11H2,1-2H3,(H,23,24).